The van der Waals surface area contributed by atoms with Gasteiger partial charge in [0.2, 0.25) is 0 Å². The lowest BCUT2D eigenvalue weighted by atomic mass is 10.1. The second-order valence-corrected chi connectivity index (χ2v) is 4.72. The number of hydrogen-bond acceptors (Lipinski definition) is 5. The lowest BCUT2D eigenvalue weighted by Crippen LogP contribution is -2.42. The van der Waals surface area contributed by atoms with Crippen LogP contribution in [-0.4, -0.2) is 50.2 Å². The van der Waals surface area contributed by atoms with Gasteiger partial charge in [0.05, 0.1) is 6.61 Å². The van der Waals surface area contributed by atoms with Crippen molar-refractivity contribution in [2.45, 2.75) is 12.6 Å². The fourth-order valence-electron chi connectivity index (χ4n) is 2.46. The van der Waals surface area contributed by atoms with E-state index in [0.29, 0.717) is 26.4 Å². The lowest BCUT2D eigenvalue weighted by molar-refractivity contribution is -0.123. The molecule has 0 bridgehead atoms. The number of para-hydroxylation sites is 1. The first-order valence-corrected chi connectivity index (χ1v) is 6.53. The van der Waals surface area contributed by atoms with E-state index in [1.165, 1.54) is 0 Å². The Balaban J connectivity index is 1.74. The van der Waals surface area contributed by atoms with Crippen LogP contribution in [0.5, 0.6) is 11.5 Å². The molecule has 3 rings (SSSR count). The molecule has 1 fully saturated rings. The van der Waals surface area contributed by atoms with Gasteiger partial charge >= 0.3 is 0 Å². The van der Waals surface area contributed by atoms with E-state index in [1.54, 1.807) is 0 Å². The van der Waals surface area contributed by atoms with Gasteiger partial charge in [0.25, 0.3) is 0 Å². The summed E-state index contributed by atoms with van der Waals surface area (Å²) in [6.45, 7) is 3.99. The van der Waals surface area contributed by atoms with Crippen molar-refractivity contribution in [3.63, 3.8) is 0 Å². The highest BCUT2D eigenvalue weighted by Gasteiger charge is 2.22. The smallest absolute Gasteiger partial charge is 0.165 e. The van der Waals surface area contributed by atoms with E-state index in [2.05, 4.69) is 4.90 Å². The third-order valence-electron chi connectivity index (χ3n) is 3.37. The van der Waals surface area contributed by atoms with Gasteiger partial charge in [-0.15, -0.1) is 0 Å². The zero-order chi connectivity index (χ0) is 13.1. The van der Waals surface area contributed by atoms with E-state index < -0.39 is 0 Å². The number of carbonyl (C=O) groups excluding carboxylic acids is 1. The van der Waals surface area contributed by atoms with Crippen LogP contribution in [0.4, 0.5) is 0 Å². The molecule has 2 heterocycles. The molecule has 2 aliphatic heterocycles. The summed E-state index contributed by atoms with van der Waals surface area (Å²) in [6.07, 6.45) is 0.553. The van der Waals surface area contributed by atoms with E-state index in [0.717, 1.165) is 36.4 Å². The quantitative estimate of drug-likeness (QED) is 0.757. The van der Waals surface area contributed by atoms with Crippen LogP contribution >= 0.6 is 0 Å². The molecular formula is C14H17NO4. The molecule has 1 saturated heterocycles. The number of carbonyl (C=O) groups is 1. The Morgan fingerprint density at radius 2 is 2.16 bits per heavy atom. The summed E-state index contributed by atoms with van der Waals surface area (Å²) >= 11 is 0. The Labute approximate surface area is 112 Å². The summed E-state index contributed by atoms with van der Waals surface area (Å²) in [5.74, 6) is 1.65. The molecule has 2 aliphatic rings. The molecule has 0 amide bonds. The van der Waals surface area contributed by atoms with Crippen LogP contribution in [0.3, 0.4) is 0 Å². The van der Waals surface area contributed by atoms with Crippen LogP contribution in [0.2, 0.25) is 0 Å². The fraction of sp³-hybridized carbons (Fsp3) is 0.500. The zero-order valence-electron chi connectivity index (χ0n) is 10.7. The summed E-state index contributed by atoms with van der Waals surface area (Å²) < 4.78 is 16.6. The van der Waals surface area contributed by atoms with Crippen molar-refractivity contribution in [2.75, 3.05) is 32.9 Å². The second kappa shape index (κ2) is 5.59. The number of ether oxygens (including phenoxy) is 3. The number of hydrogen-bond donors (Lipinski definition) is 0. The normalized spacial score (nSPS) is 23.1. The monoisotopic (exact) mass is 263 g/mol. The van der Waals surface area contributed by atoms with Crippen molar-refractivity contribution in [2.24, 2.45) is 0 Å². The summed E-state index contributed by atoms with van der Waals surface area (Å²) in [7, 11) is 0. The van der Waals surface area contributed by atoms with E-state index in [1.807, 2.05) is 18.2 Å². The topological polar surface area (TPSA) is 48.0 Å². The maximum Gasteiger partial charge on any atom is 0.165 e. The third-order valence-corrected chi connectivity index (χ3v) is 3.37. The SMILES string of the molecule is O=CC1CN(Cc2cccc3c2OCCO3)CCO1. The lowest BCUT2D eigenvalue weighted by Gasteiger charge is -2.31. The van der Waals surface area contributed by atoms with E-state index in [4.69, 9.17) is 14.2 Å². The number of aldehydes is 1. The minimum atomic E-state index is -0.314. The molecule has 1 atom stereocenters. The number of nitrogens with zero attached hydrogens (tertiary/aromatic N) is 1. The van der Waals surface area contributed by atoms with Gasteiger partial charge in [0, 0.05) is 25.2 Å². The predicted octanol–water partition coefficient (Wildman–Crippen LogP) is 0.858. The maximum atomic E-state index is 10.8. The first kappa shape index (κ1) is 12.4. The number of fused-ring (bicyclic) bond motifs is 1. The molecule has 19 heavy (non-hydrogen) atoms. The third kappa shape index (κ3) is 2.72. The summed E-state index contributed by atoms with van der Waals surface area (Å²) in [5.41, 5.74) is 1.10. The van der Waals surface area contributed by atoms with E-state index in [-0.39, 0.29) is 6.10 Å². The number of morpholine rings is 1. The van der Waals surface area contributed by atoms with Gasteiger partial charge in [-0.3, -0.25) is 4.90 Å². The van der Waals surface area contributed by atoms with Crippen LogP contribution in [-0.2, 0) is 16.1 Å². The van der Waals surface area contributed by atoms with Crippen molar-refractivity contribution in [1.82, 2.24) is 4.90 Å². The molecule has 0 radical (unpaired) electrons. The molecule has 1 aromatic carbocycles. The number of benzene rings is 1. The molecule has 5 heteroatoms. The highest BCUT2D eigenvalue weighted by molar-refractivity contribution is 5.56. The molecule has 0 aromatic heterocycles. The van der Waals surface area contributed by atoms with E-state index in [9.17, 15) is 4.79 Å². The van der Waals surface area contributed by atoms with Crippen molar-refractivity contribution >= 4 is 6.29 Å². The molecule has 0 N–H and O–H groups in total. The summed E-state index contributed by atoms with van der Waals surface area (Å²) in [5, 5.41) is 0. The fourth-order valence-corrected chi connectivity index (χ4v) is 2.46. The van der Waals surface area contributed by atoms with E-state index >= 15 is 0 Å². The zero-order valence-corrected chi connectivity index (χ0v) is 10.7. The van der Waals surface area contributed by atoms with Gasteiger partial charge in [0.1, 0.15) is 25.6 Å². The van der Waals surface area contributed by atoms with Crippen molar-refractivity contribution in [1.29, 1.82) is 0 Å². The Bertz CT molecular complexity index is 463. The number of rotatable bonds is 3. The highest BCUT2D eigenvalue weighted by atomic mass is 16.6. The molecule has 0 spiro atoms. The maximum absolute atomic E-state index is 10.8. The first-order valence-electron chi connectivity index (χ1n) is 6.53. The van der Waals surface area contributed by atoms with Crippen molar-refractivity contribution < 1.29 is 19.0 Å². The Hall–Kier alpha value is -1.59. The highest BCUT2D eigenvalue weighted by Crippen LogP contribution is 2.34. The van der Waals surface area contributed by atoms with Gasteiger partial charge in [0.15, 0.2) is 11.5 Å². The summed E-state index contributed by atoms with van der Waals surface area (Å²) in [6, 6.07) is 5.94. The largest absolute Gasteiger partial charge is 0.486 e. The minimum Gasteiger partial charge on any atom is -0.486 e. The summed E-state index contributed by atoms with van der Waals surface area (Å²) in [4.78, 5) is 13.0. The van der Waals surface area contributed by atoms with Gasteiger partial charge in [-0.2, -0.15) is 0 Å². The Kier molecular flexibility index (Phi) is 3.66. The van der Waals surface area contributed by atoms with Crippen LogP contribution in [0.15, 0.2) is 18.2 Å². The van der Waals surface area contributed by atoms with Crippen LogP contribution in [0.1, 0.15) is 5.56 Å². The molecule has 1 unspecified atom stereocenters. The van der Waals surface area contributed by atoms with Crippen molar-refractivity contribution in [3.8, 4) is 11.5 Å². The van der Waals surface area contributed by atoms with Crippen LogP contribution in [0.25, 0.3) is 0 Å². The molecule has 0 aliphatic carbocycles. The van der Waals surface area contributed by atoms with Crippen LogP contribution < -0.4 is 9.47 Å². The molecule has 5 nitrogen and oxygen atoms in total. The Morgan fingerprint density at radius 3 is 3.05 bits per heavy atom. The first-order chi connectivity index (χ1) is 9.36. The molecule has 102 valence electrons. The van der Waals surface area contributed by atoms with Gasteiger partial charge < -0.3 is 19.0 Å². The molecule has 0 saturated carbocycles. The average Bonchev–Trinajstić information content (AvgIpc) is 2.48. The minimum absolute atomic E-state index is 0.314. The standard InChI is InChI=1S/C14H17NO4/c16-10-12-9-15(4-5-17-12)8-11-2-1-3-13-14(11)19-7-6-18-13/h1-3,10,12H,4-9H2. The van der Waals surface area contributed by atoms with Crippen molar-refractivity contribution in [3.05, 3.63) is 23.8 Å². The predicted molar refractivity (Wildman–Crippen MR) is 68.5 cm³/mol. The van der Waals surface area contributed by atoms with Gasteiger partial charge in [-0.05, 0) is 6.07 Å². The second-order valence-electron chi connectivity index (χ2n) is 4.72. The molecule has 1 aromatic rings. The Morgan fingerprint density at radius 1 is 1.26 bits per heavy atom. The average molecular weight is 263 g/mol. The van der Waals surface area contributed by atoms with Gasteiger partial charge in [-0.1, -0.05) is 12.1 Å². The van der Waals surface area contributed by atoms with Crippen LogP contribution in [0, 0.1) is 0 Å². The van der Waals surface area contributed by atoms with Gasteiger partial charge in [-0.25, -0.2) is 0 Å². The molecular weight excluding hydrogens is 246 g/mol.